The Balaban J connectivity index is 2.69. The molecule has 5 heteroatoms. The van der Waals surface area contributed by atoms with Crippen LogP contribution in [0.5, 0.6) is 5.75 Å². The van der Waals surface area contributed by atoms with Crippen LogP contribution in [-0.4, -0.2) is 42.5 Å². The Morgan fingerprint density at radius 2 is 2.24 bits per heavy atom. The molecule has 0 fully saturated rings. The molecular weight excluding hydrogens is 222 g/mol. The van der Waals surface area contributed by atoms with Crippen molar-refractivity contribution in [3.05, 3.63) is 29.3 Å². The topological polar surface area (TPSA) is 78.8 Å². The van der Waals surface area contributed by atoms with Crippen LogP contribution in [0.4, 0.5) is 0 Å². The van der Waals surface area contributed by atoms with E-state index < -0.39 is 6.10 Å². The minimum absolute atomic E-state index is 0.0194. The van der Waals surface area contributed by atoms with Crippen molar-refractivity contribution in [1.82, 2.24) is 5.32 Å². The maximum atomic E-state index is 11.7. The smallest absolute Gasteiger partial charge is 0.251 e. The quantitative estimate of drug-likeness (QED) is 0.680. The maximum Gasteiger partial charge on any atom is 0.251 e. The van der Waals surface area contributed by atoms with Gasteiger partial charge in [0, 0.05) is 12.1 Å². The molecule has 1 aromatic carbocycles. The largest absolute Gasteiger partial charge is 0.496 e. The summed E-state index contributed by atoms with van der Waals surface area (Å²) in [5.41, 5.74) is 1.40. The highest BCUT2D eigenvalue weighted by Gasteiger charge is 2.10. The second kappa shape index (κ2) is 6.22. The van der Waals surface area contributed by atoms with Gasteiger partial charge in [-0.3, -0.25) is 4.79 Å². The fourth-order valence-corrected chi connectivity index (χ4v) is 1.34. The van der Waals surface area contributed by atoms with Crippen LogP contribution in [0.3, 0.4) is 0 Å². The first-order valence-electron chi connectivity index (χ1n) is 5.30. The summed E-state index contributed by atoms with van der Waals surface area (Å²) in [7, 11) is 1.54. The molecule has 1 amide bonds. The predicted octanol–water partition coefficient (Wildman–Crippen LogP) is 0.0866. The van der Waals surface area contributed by atoms with Gasteiger partial charge in [0.2, 0.25) is 0 Å². The van der Waals surface area contributed by atoms with Gasteiger partial charge >= 0.3 is 0 Å². The van der Waals surface area contributed by atoms with E-state index in [1.165, 1.54) is 0 Å². The molecule has 5 nitrogen and oxygen atoms in total. The van der Waals surface area contributed by atoms with E-state index in [4.69, 9.17) is 14.9 Å². The van der Waals surface area contributed by atoms with Crippen LogP contribution in [0.25, 0.3) is 0 Å². The third-order valence-corrected chi connectivity index (χ3v) is 2.38. The standard InChI is InChI=1S/C12H17NO4/c1-8-3-4-9(5-11(8)17-2)12(16)13-6-10(15)7-14/h3-5,10,14-15H,6-7H2,1-2H3,(H,13,16). The van der Waals surface area contributed by atoms with Crippen molar-refractivity contribution in [3.63, 3.8) is 0 Å². The average Bonchev–Trinajstić information content (AvgIpc) is 2.35. The Hall–Kier alpha value is -1.59. The third kappa shape index (κ3) is 3.72. The van der Waals surface area contributed by atoms with E-state index in [2.05, 4.69) is 5.32 Å². The van der Waals surface area contributed by atoms with Crippen molar-refractivity contribution in [2.24, 2.45) is 0 Å². The Bertz CT molecular complexity index is 392. The van der Waals surface area contributed by atoms with Crippen molar-refractivity contribution in [1.29, 1.82) is 0 Å². The van der Waals surface area contributed by atoms with Crippen molar-refractivity contribution < 1.29 is 19.7 Å². The van der Waals surface area contributed by atoms with Crippen LogP contribution < -0.4 is 10.1 Å². The van der Waals surface area contributed by atoms with Gasteiger partial charge in [-0.1, -0.05) is 6.07 Å². The van der Waals surface area contributed by atoms with E-state index >= 15 is 0 Å². The lowest BCUT2D eigenvalue weighted by Crippen LogP contribution is -2.33. The number of aliphatic hydroxyl groups excluding tert-OH is 2. The summed E-state index contributed by atoms with van der Waals surface area (Å²) in [4.78, 5) is 11.7. The maximum absolute atomic E-state index is 11.7. The Labute approximate surface area is 100 Å². The number of methoxy groups -OCH3 is 1. The lowest BCUT2D eigenvalue weighted by Gasteiger charge is -2.10. The molecule has 94 valence electrons. The number of ether oxygens (including phenoxy) is 1. The highest BCUT2D eigenvalue weighted by atomic mass is 16.5. The molecule has 0 saturated heterocycles. The molecule has 0 saturated carbocycles. The lowest BCUT2D eigenvalue weighted by molar-refractivity contribution is 0.0802. The number of benzene rings is 1. The molecule has 0 heterocycles. The summed E-state index contributed by atoms with van der Waals surface area (Å²) >= 11 is 0. The van der Waals surface area contributed by atoms with Crippen molar-refractivity contribution in [3.8, 4) is 5.75 Å². The molecule has 1 unspecified atom stereocenters. The monoisotopic (exact) mass is 239 g/mol. The second-order valence-corrected chi connectivity index (χ2v) is 3.73. The molecule has 1 rings (SSSR count). The number of hydrogen-bond donors (Lipinski definition) is 3. The van der Waals surface area contributed by atoms with Gasteiger partial charge in [0.1, 0.15) is 5.75 Å². The van der Waals surface area contributed by atoms with Gasteiger partial charge in [-0.25, -0.2) is 0 Å². The first-order valence-corrected chi connectivity index (χ1v) is 5.30. The SMILES string of the molecule is COc1cc(C(=O)NCC(O)CO)ccc1C. The number of hydrogen-bond acceptors (Lipinski definition) is 4. The van der Waals surface area contributed by atoms with Crippen molar-refractivity contribution >= 4 is 5.91 Å². The number of carbonyl (C=O) groups excluding carboxylic acids is 1. The predicted molar refractivity (Wildman–Crippen MR) is 63.2 cm³/mol. The Kier molecular flexibility index (Phi) is 4.93. The van der Waals surface area contributed by atoms with E-state index in [0.717, 1.165) is 5.56 Å². The molecule has 0 spiro atoms. The van der Waals surface area contributed by atoms with Gasteiger partial charge in [-0.2, -0.15) is 0 Å². The molecule has 17 heavy (non-hydrogen) atoms. The summed E-state index contributed by atoms with van der Waals surface area (Å²) in [6.07, 6.45) is -0.939. The number of rotatable bonds is 5. The fraction of sp³-hybridized carbons (Fsp3) is 0.417. The van der Waals surface area contributed by atoms with E-state index in [1.807, 2.05) is 6.92 Å². The molecule has 0 aliphatic carbocycles. The van der Waals surface area contributed by atoms with Gasteiger partial charge in [0.15, 0.2) is 0 Å². The summed E-state index contributed by atoms with van der Waals surface area (Å²) in [6, 6.07) is 5.10. The normalized spacial score (nSPS) is 12.0. The van der Waals surface area contributed by atoms with Gasteiger partial charge in [0.25, 0.3) is 5.91 Å². The summed E-state index contributed by atoms with van der Waals surface area (Å²) < 4.78 is 5.11. The molecule has 0 aliphatic rings. The van der Waals surface area contributed by atoms with Gasteiger partial charge < -0.3 is 20.3 Å². The molecule has 0 aliphatic heterocycles. The molecule has 1 atom stereocenters. The van der Waals surface area contributed by atoms with Crippen LogP contribution in [0.2, 0.25) is 0 Å². The van der Waals surface area contributed by atoms with E-state index in [0.29, 0.717) is 11.3 Å². The Morgan fingerprint density at radius 3 is 2.82 bits per heavy atom. The van der Waals surface area contributed by atoms with Gasteiger partial charge in [-0.15, -0.1) is 0 Å². The zero-order valence-electron chi connectivity index (χ0n) is 9.93. The lowest BCUT2D eigenvalue weighted by atomic mass is 10.1. The molecule has 0 aromatic heterocycles. The summed E-state index contributed by atoms with van der Waals surface area (Å²) in [5, 5.41) is 20.2. The number of aryl methyl sites for hydroxylation is 1. The number of carbonyl (C=O) groups is 1. The highest BCUT2D eigenvalue weighted by molar-refractivity contribution is 5.94. The second-order valence-electron chi connectivity index (χ2n) is 3.73. The molecular formula is C12H17NO4. The van der Waals surface area contributed by atoms with Crippen LogP contribution in [0.1, 0.15) is 15.9 Å². The number of amides is 1. The first-order chi connectivity index (χ1) is 8.08. The fourth-order valence-electron chi connectivity index (χ4n) is 1.34. The highest BCUT2D eigenvalue weighted by Crippen LogP contribution is 2.18. The van der Waals surface area contributed by atoms with E-state index in [-0.39, 0.29) is 19.1 Å². The van der Waals surface area contributed by atoms with Gasteiger partial charge in [0.05, 0.1) is 19.8 Å². The first kappa shape index (κ1) is 13.5. The number of aliphatic hydroxyl groups is 2. The zero-order valence-corrected chi connectivity index (χ0v) is 9.93. The van der Waals surface area contributed by atoms with Gasteiger partial charge in [-0.05, 0) is 24.6 Å². The van der Waals surface area contributed by atoms with Crippen LogP contribution >= 0.6 is 0 Å². The van der Waals surface area contributed by atoms with Crippen LogP contribution in [-0.2, 0) is 0 Å². The van der Waals surface area contributed by atoms with E-state index in [9.17, 15) is 4.79 Å². The van der Waals surface area contributed by atoms with Crippen molar-refractivity contribution in [2.45, 2.75) is 13.0 Å². The summed E-state index contributed by atoms with van der Waals surface area (Å²) in [6.45, 7) is 1.53. The zero-order chi connectivity index (χ0) is 12.8. The molecule has 0 bridgehead atoms. The Morgan fingerprint density at radius 1 is 1.53 bits per heavy atom. The third-order valence-electron chi connectivity index (χ3n) is 2.38. The molecule has 3 N–H and O–H groups in total. The summed E-state index contributed by atoms with van der Waals surface area (Å²) in [5.74, 6) is 0.330. The minimum Gasteiger partial charge on any atom is -0.496 e. The molecule has 0 radical (unpaired) electrons. The molecule has 1 aromatic rings. The van der Waals surface area contributed by atoms with Crippen molar-refractivity contribution in [2.75, 3.05) is 20.3 Å². The number of nitrogens with one attached hydrogen (secondary N) is 1. The van der Waals surface area contributed by atoms with Crippen LogP contribution in [0.15, 0.2) is 18.2 Å². The van der Waals surface area contributed by atoms with Crippen LogP contribution in [0, 0.1) is 6.92 Å². The van der Waals surface area contributed by atoms with E-state index in [1.54, 1.807) is 25.3 Å². The minimum atomic E-state index is -0.939. The average molecular weight is 239 g/mol.